The van der Waals surface area contributed by atoms with Crippen LogP contribution in [0.4, 0.5) is 0 Å². The van der Waals surface area contributed by atoms with Crippen molar-refractivity contribution in [3.05, 3.63) is 29.8 Å². The van der Waals surface area contributed by atoms with E-state index in [0.717, 1.165) is 24.8 Å². The van der Waals surface area contributed by atoms with Crippen molar-refractivity contribution in [2.45, 2.75) is 52.2 Å². The molecule has 0 aliphatic rings. The summed E-state index contributed by atoms with van der Waals surface area (Å²) in [5, 5.41) is 2.95. The van der Waals surface area contributed by atoms with Crippen molar-refractivity contribution in [1.29, 1.82) is 0 Å². The standard InChI is InChI=1S/C16H26N2O2.ClH/c1-4-5-8-14(11-17)18-16(19)13(3)20-15-9-6-7-12(2)10-15;/h6-7,9-10,13-14H,4-5,8,11,17H2,1-3H3,(H,18,19);1H. The maximum Gasteiger partial charge on any atom is 0.261 e. The SMILES string of the molecule is CCCCC(CN)NC(=O)C(C)Oc1cccc(C)c1.Cl. The summed E-state index contributed by atoms with van der Waals surface area (Å²) in [6.45, 7) is 6.33. The Hall–Kier alpha value is -1.26. The summed E-state index contributed by atoms with van der Waals surface area (Å²) in [5.41, 5.74) is 6.79. The molecule has 0 aliphatic carbocycles. The lowest BCUT2D eigenvalue weighted by Gasteiger charge is -2.20. The Labute approximate surface area is 133 Å². The lowest BCUT2D eigenvalue weighted by atomic mass is 10.1. The summed E-state index contributed by atoms with van der Waals surface area (Å²) in [6, 6.07) is 7.72. The van der Waals surface area contributed by atoms with E-state index in [-0.39, 0.29) is 24.4 Å². The molecule has 0 aromatic heterocycles. The van der Waals surface area contributed by atoms with Gasteiger partial charge in [-0.25, -0.2) is 0 Å². The van der Waals surface area contributed by atoms with Gasteiger partial charge in [-0.2, -0.15) is 0 Å². The highest BCUT2D eigenvalue weighted by atomic mass is 35.5. The molecule has 0 radical (unpaired) electrons. The van der Waals surface area contributed by atoms with Crippen molar-refractivity contribution in [2.75, 3.05) is 6.54 Å². The van der Waals surface area contributed by atoms with Crippen LogP contribution >= 0.6 is 12.4 Å². The van der Waals surface area contributed by atoms with Gasteiger partial charge < -0.3 is 15.8 Å². The van der Waals surface area contributed by atoms with Crippen LogP contribution in [0.1, 0.15) is 38.7 Å². The van der Waals surface area contributed by atoms with Crippen LogP contribution in [0.2, 0.25) is 0 Å². The third-order valence-corrected chi connectivity index (χ3v) is 3.21. The normalized spacial score (nSPS) is 13.0. The first-order valence-electron chi connectivity index (χ1n) is 7.30. The molecular formula is C16H27ClN2O2. The highest BCUT2D eigenvalue weighted by Gasteiger charge is 2.18. The largest absolute Gasteiger partial charge is 0.481 e. The molecule has 1 aromatic rings. The molecule has 1 aromatic carbocycles. The van der Waals surface area contributed by atoms with E-state index in [0.29, 0.717) is 12.3 Å². The number of amides is 1. The number of carbonyl (C=O) groups excluding carboxylic acids is 1. The minimum absolute atomic E-state index is 0. The number of rotatable bonds is 8. The molecule has 2 atom stereocenters. The van der Waals surface area contributed by atoms with E-state index >= 15 is 0 Å². The van der Waals surface area contributed by atoms with E-state index in [9.17, 15) is 4.79 Å². The zero-order chi connectivity index (χ0) is 15.0. The highest BCUT2D eigenvalue weighted by molar-refractivity contribution is 5.85. The van der Waals surface area contributed by atoms with E-state index in [2.05, 4.69) is 12.2 Å². The van der Waals surface area contributed by atoms with E-state index in [1.165, 1.54) is 0 Å². The summed E-state index contributed by atoms with van der Waals surface area (Å²) in [5.74, 6) is 0.601. The van der Waals surface area contributed by atoms with Crippen molar-refractivity contribution in [2.24, 2.45) is 5.73 Å². The Kier molecular flexibility index (Phi) is 9.84. The number of unbranched alkanes of at least 4 members (excludes halogenated alkanes) is 1. The Morgan fingerprint density at radius 1 is 1.43 bits per heavy atom. The van der Waals surface area contributed by atoms with Crippen LogP contribution in [-0.4, -0.2) is 24.6 Å². The Morgan fingerprint density at radius 3 is 2.71 bits per heavy atom. The number of nitrogens with one attached hydrogen (secondary N) is 1. The van der Waals surface area contributed by atoms with Crippen LogP contribution in [0.5, 0.6) is 5.75 Å². The van der Waals surface area contributed by atoms with Gasteiger partial charge in [0.2, 0.25) is 0 Å². The zero-order valence-corrected chi connectivity index (χ0v) is 13.9. The minimum Gasteiger partial charge on any atom is -0.481 e. The Balaban J connectivity index is 0.00000400. The zero-order valence-electron chi connectivity index (χ0n) is 13.1. The minimum atomic E-state index is -0.521. The first-order valence-corrected chi connectivity index (χ1v) is 7.30. The number of hydrogen-bond donors (Lipinski definition) is 2. The van der Waals surface area contributed by atoms with E-state index in [1.807, 2.05) is 31.2 Å². The molecule has 0 spiro atoms. The van der Waals surface area contributed by atoms with Crippen LogP contribution in [0.15, 0.2) is 24.3 Å². The molecule has 4 nitrogen and oxygen atoms in total. The van der Waals surface area contributed by atoms with Crippen LogP contribution in [0.3, 0.4) is 0 Å². The van der Waals surface area contributed by atoms with E-state index in [1.54, 1.807) is 6.92 Å². The quantitative estimate of drug-likeness (QED) is 0.775. The van der Waals surface area contributed by atoms with E-state index < -0.39 is 6.10 Å². The molecule has 0 bridgehead atoms. The second-order valence-corrected chi connectivity index (χ2v) is 5.16. The van der Waals surface area contributed by atoms with E-state index in [4.69, 9.17) is 10.5 Å². The fourth-order valence-corrected chi connectivity index (χ4v) is 1.96. The highest BCUT2D eigenvalue weighted by Crippen LogP contribution is 2.14. The third kappa shape index (κ3) is 7.34. The molecule has 21 heavy (non-hydrogen) atoms. The molecule has 0 heterocycles. The van der Waals surface area contributed by atoms with Crippen molar-refractivity contribution in [1.82, 2.24) is 5.32 Å². The topological polar surface area (TPSA) is 64.3 Å². The van der Waals surface area contributed by atoms with Gasteiger partial charge in [-0.3, -0.25) is 4.79 Å². The van der Waals surface area contributed by atoms with Crippen molar-refractivity contribution < 1.29 is 9.53 Å². The predicted octanol–water partition coefficient (Wildman–Crippen LogP) is 2.82. The van der Waals surface area contributed by atoms with Crippen molar-refractivity contribution >= 4 is 18.3 Å². The van der Waals surface area contributed by atoms with Gasteiger partial charge in [0.15, 0.2) is 6.10 Å². The monoisotopic (exact) mass is 314 g/mol. The first kappa shape index (κ1) is 19.7. The lowest BCUT2D eigenvalue weighted by molar-refractivity contribution is -0.128. The van der Waals surface area contributed by atoms with Gasteiger partial charge >= 0.3 is 0 Å². The fraction of sp³-hybridized carbons (Fsp3) is 0.562. The van der Waals surface area contributed by atoms with Gasteiger partial charge in [-0.15, -0.1) is 12.4 Å². The number of halogens is 1. The molecule has 1 rings (SSSR count). The van der Waals surface area contributed by atoms with Gasteiger partial charge in [0.25, 0.3) is 5.91 Å². The van der Waals surface area contributed by atoms with Crippen LogP contribution < -0.4 is 15.8 Å². The number of benzene rings is 1. The number of ether oxygens (including phenoxy) is 1. The van der Waals surface area contributed by atoms with Gasteiger partial charge in [0.1, 0.15) is 5.75 Å². The van der Waals surface area contributed by atoms with Crippen LogP contribution in [-0.2, 0) is 4.79 Å². The molecule has 3 N–H and O–H groups in total. The average molecular weight is 315 g/mol. The number of carbonyl (C=O) groups is 1. The predicted molar refractivity (Wildman–Crippen MR) is 89.0 cm³/mol. The molecule has 0 fully saturated rings. The smallest absolute Gasteiger partial charge is 0.261 e. The van der Waals surface area contributed by atoms with Crippen molar-refractivity contribution in [3.8, 4) is 5.75 Å². The molecule has 0 saturated heterocycles. The first-order chi connectivity index (χ1) is 9.56. The number of aryl methyl sites for hydroxylation is 1. The molecule has 5 heteroatoms. The van der Waals surface area contributed by atoms with Crippen LogP contribution in [0.25, 0.3) is 0 Å². The summed E-state index contributed by atoms with van der Waals surface area (Å²) in [4.78, 5) is 12.1. The van der Waals surface area contributed by atoms with Gasteiger partial charge in [-0.1, -0.05) is 31.9 Å². The lowest BCUT2D eigenvalue weighted by Crippen LogP contribution is -2.45. The Bertz CT molecular complexity index is 426. The number of nitrogens with two attached hydrogens (primary N) is 1. The molecule has 0 aliphatic heterocycles. The molecule has 1 amide bonds. The molecular weight excluding hydrogens is 288 g/mol. The second kappa shape index (κ2) is 10.5. The second-order valence-electron chi connectivity index (χ2n) is 5.16. The van der Waals surface area contributed by atoms with Gasteiger partial charge in [0, 0.05) is 12.6 Å². The molecule has 120 valence electrons. The maximum atomic E-state index is 12.1. The molecule has 0 saturated carbocycles. The number of hydrogen-bond acceptors (Lipinski definition) is 3. The summed E-state index contributed by atoms with van der Waals surface area (Å²) >= 11 is 0. The van der Waals surface area contributed by atoms with Crippen molar-refractivity contribution in [3.63, 3.8) is 0 Å². The van der Waals surface area contributed by atoms with Gasteiger partial charge in [0.05, 0.1) is 0 Å². The summed E-state index contributed by atoms with van der Waals surface area (Å²) in [6.07, 6.45) is 2.56. The van der Waals surface area contributed by atoms with Gasteiger partial charge in [-0.05, 0) is 38.0 Å². The summed E-state index contributed by atoms with van der Waals surface area (Å²) in [7, 11) is 0. The average Bonchev–Trinajstić information content (AvgIpc) is 2.43. The molecule has 2 unspecified atom stereocenters. The van der Waals surface area contributed by atoms with Crippen LogP contribution in [0, 0.1) is 6.92 Å². The maximum absolute atomic E-state index is 12.1. The third-order valence-electron chi connectivity index (χ3n) is 3.21. The summed E-state index contributed by atoms with van der Waals surface area (Å²) < 4.78 is 5.65. The fourth-order valence-electron chi connectivity index (χ4n) is 1.96. The Morgan fingerprint density at radius 2 is 2.14 bits per heavy atom.